The Morgan fingerprint density at radius 3 is 2.20 bits per heavy atom. The van der Waals surface area contributed by atoms with Crippen molar-refractivity contribution in [1.82, 2.24) is 8.61 Å². The van der Waals surface area contributed by atoms with Gasteiger partial charge in [0, 0.05) is 26.7 Å². The van der Waals surface area contributed by atoms with Crippen LogP contribution in [0.1, 0.15) is 19.8 Å². The molecular weight excluding hydrogens is 368 g/mol. The van der Waals surface area contributed by atoms with Crippen LogP contribution in [0.25, 0.3) is 0 Å². The lowest BCUT2D eigenvalue weighted by Gasteiger charge is -2.22. The highest BCUT2D eigenvalue weighted by molar-refractivity contribution is 7.92. The molecule has 10 heteroatoms. The predicted molar refractivity (Wildman–Crippen MR) is 91.1 cm³/mol. The molecule has 140 valence electrons. The monoisotopic (exact) mass is 390 g/mol. The summed E-state index contributed by atoms with van der Waals surface area (Å²) in [5.74, 6) is -2.04. The second kappa shape index (κ2) is 7.40. The lowest BCUT2D eigenvalue weighted by atomic mass is 10.2. The van der Waals surface area contributed by atoms with Crippen molar-refractivity contribution in [3.05, 3.63) is 24.3 Å². The third-order valence-electron chi connectivity index (χ3n) is 4.17. The fourth-order valence-corrected chi connectivity index (χ4v) is 6.22. The number of hydrogen-bond acceptors (Lipinski definition) is 5. The number of carboxylic acid groups (broad SMARTS) is 1. The number of carbonyl (C=O) groups is 1. The van der Waals surface area contributed by atoms with E-state index in [1.165, 1.54) is 42.5 Å². The number of hydrogen-bond donors (Lipinski definition) is 1. The molecule has 1 atom stereocenters. The summed E-state index contributed by atoms with van der Waals surface area (Å²) in [4.78, 5) is 10.4. The molecule has 0 bridgehead atoms. The molecule has 8 nitrogen and oxygen atoms in total. The van der Waals surface area contributed by atoms with Crippen LogP contribution in [0.2, 0.25) is 0 Å². The molecule has 2 rings (SSSR count). The first kappa shape index (κ1) is 19.8. The van der Waals surface area contributed by atoms with Gasteiger partial charge in [-0.25, -0.2) is 21.1 Å². The average molecular weight is 390 g/mol. The van der Waals surface area contributed by atoms with Crippen molar-refractivity contribution >= 4 is 26.0 Å². The van der Waals surface area contributed by atoms with Crippen LogP contribution in [0.4, 0.5) is 0 Å². The first-order valence-corrected chi connectivity index (χ1v) is 10.7. The van der Waals surface area contributed by atoms with Gasteiger partial charge in [-0.2, -0.15) is 4.31 Å². The fourth-order valence-electron chi connectivity index (χ4n) is 2.67. The minimum Gasteiger partial charge on any atom is -0.481 e. The fraction of sp³-hybridized carbons (Fsp3) is 0.533. The standard InChI is InChI=1S/C15H22N2O6S2/c1-12(15(18)19)11-16(2)24(20,21)13-7-3-4-8-14(13)25(22,23)17-9-5-6-10-17/h3-4,7-8,12H,5-6,9-11H2,1-2H3,(H,18,19). The van der Waals surface area contributed by atoms with E-state index < -0.39 is 31.9 Å². The van der Waals surface area contributed by atoms with Gasteiger partial charge in [-0.15, -0.1) is 0 Å². The van der Waals surface area contributed by atoms with Crippen LogP contribution < -0.4 is 0 Å². The summed E-state index contributed by atoms with van der Waals surface area (Å²) >= 11 is 0. The van der Waals surface area contributed by atoms with Gasteiger partial charge < -0.3 is 5.11 Å². The van der Waals surface area contributed by atoms with E-state index in [4.69, 9.17) is 5.11 Å². The number of rotatable bonds is 7. The van der Waals surface area contributed by atoms with E-state index in [1.54, 1.807) is 0 Å². The Hall–Kier alpha value is -1.49. The van der Waals surface area contributed by atoms with E-state index in [1.807, 2.05) is 0 Å². The maximum Gasteiger partial charge on any atom is 0.307 e. The summed E-state index contributed by atoms with van der Waals surface area (Å²) in [5, 5.41) is 8.97. The van der Waals surface area contributed by atoms with Gasteiger partial charge in [-0.1, -0.05) is 19.1 Å². The molecule has 1 fully saturated rings. The minimum absolute atomic E-state index is 0.254. The molecule has 0 aromatic heterocycles. The van der Waals surface area contributed by atoms with Crippen LogP contribution in [0.3, 0.4) is 0 Å². The minimum atomic E-state index is -4.15. The number of benzene rings is 1. The summed E-state index contributed by atoms with van der Waals surface area (Å²) in [6, 6.07) is 5.43. The maximum absolute atomic E-state index is 12.8. The largest absolute Gasteiger partial charge is 0.481 e. The van der Waals surface area contributed by atoms with Crippen molar-refractivity contribution in [1.29, 1.82) is 0 Å². The third kappa shape index (κ3) is 4.02. The molecule has 1 unspecified atom stereocenters. The molecule has 0 radical (unpaired) electrons. The summed E-state index contributed by atoms with van der Waals surface area (Å²) in [7, 11) is -6.82. The molecule has 0 amide bonds. The SMILES string of the molecule is CC(CN(C)S(=O)(=O)c1ccccc1S(=O)(=O)N1CCCC1)C(=O)O. The van der Waals surface area contributed by atoms with E-state index in [9.17, 15) is 21.6 Å². The summed E-state index contributed by atoms with van der Waals surface area (Å²) in [6.45, 7) is 1.86. The molecule has 1 aromatic carbocycles. The molecular formula is C15H22N2O6S2. The Morgan fingerprint density at radius 1 is 1.16 bits per heavy atom. The highest BCUT2D eigenvalue weighted by atomic mass is 32.2. The zero-order valence-electron chi connectivity index (χ0n) is 14.1. The van der Waals surface area contributed by atoms with Gasteiger partial charge in [0.15, 0.2) is 0 Å². The van der Waals surface area contributed by atoms with Crippen LogP contribution in [-0.4, -0.2) is 63.2 Å². The molecule has 0 aliphatic carbocycles. The van der Waals surface area contributed by atoms with Gasteiger partial charge >= 0.3 is 5.97 Å². The first-order chi connectivity index (χ1) is 11.6. The second-order valence-electron chi connectivity index (χ2n) is 6.08. The Bertz CT molecular complexity index is 845. The molecule has 1 N–H and O–H groups in total. The van der Waals surface area contributed by atoms with Gasteiger partial charge in [-0.05, 0) is 25.0 Å². The van der Waals surface area contributed by atoms with Crippen molar-refractivity contribution in [3.63, 3.8) is 0 Å². The lowest BCUT2D eigenvalue weighted by molar-refractivity contribution is -0.141. The number of carboxylic acids is 1. The molecule has 1 heterocycles. The van der Waals surface area contributed by atoms with E-state index in [2.05, 4.69) is 0 Å². The summed E-state index contributed by atoms with van der Waals surface area (Å²) in [5.41, 5.74) is 0. The van der Waals surface area contributed by atoms with Crippen LogP contribution >= 0.6 is 0 Å². The van der Waals surface area contributed by atoms with Crippen molar-refractivity contribution in [2.24, 2.45) is 5.92 Å². The Kier molecular flexibility index (Phi) is 5.87. The smallest absolute Gasteiger partial charge is 0.307 e. The van der Waals surface area contributed by atoms with Gasteiger partial charge in [0.05, 0.1) is 5.92 Å². The van der Waals surface area contributed by atoms with Crippen LogP contribution in [0, 0.1) is 5.92 Å². The maximum atomic E-state index is 12.8. The van der Waals surface area contributed by atoms with Gasteiger partial charge in [0.2, 0.25) is 20.0 Å². The number of aliphatic carboxylic acids is 1. The lowest BCUT2D eigenvalue weighted by Crippen LogP contribution is -2.35. The molecule has 0 spiro atoms. The predicted octanol–water partition coefficient (Wildman–Crippen LogP) is 0.812. The highest BCUT2D eigenvalue weighted by Crippen LogP contribution is 2.28. The van der Waals surface area contributed by atoms with Crippen LogP contribution in [-0.2, 0) is 24.8 Å². The van der Waals surface area contributed by atoms with Crippen LogP contribution in [0.15, 0.2) is 34.1 Å². The Labute approximate surface area is 148 Å². The first-order valence-electron chi connectivity index (χ1n) is 7.87. The number of sulfonamides is 2. The Morgan fingerprint density at radius 2 is 1.68 bits per heavy atom. The average Bonchev–Trinajstić information content (AvgIpc) is 3.09. The molecule has 25 heavy (non-hydrogen) atoms. The van der Waals surface area contributed by atoms with Gasteiger partial charge in [-0.3, -0.25) is 4.79 Å². The molecule has 1 aliphatic heterocycles. The highest BCUT2D eigenvalue weighted by Gasteiger charge is 2.34. The van der Waals surface area contributed by atoms with Gasteiger partial charge in [0.25, 0.3) is 0 Å². The summed E-state index contributed by atoms with van der Waals surface area (Å²) < 4.78 is 53.4. The van der Waals surface area contributed by atoms with E-state index in [0.29, 0.717) is 13.1 Å². The van der Waals surface area contributed by atoms with E-state index in [0.717, 1.165) is 17.1 Å². The summed E-state index contributed by atoms with van der Waals surface area (Å²) in [6.07, 6.45) is 1.48. The second-order valence-corrected chi connectivity index (χ2v) is 10.0. The molecule has 1 saturated heterocycles. The molecule has 1 aromatic rings. The topological polar surface area (TPSA) is 112 Å². The van der Waals surface area contributed by atoms with Crippen molar-refractivity contribution in [2.45, 2.75) is 29.6 Å². The van der Waals surface area contributed by atoms with Crippen molar-refractivity contribution in [3.8, 4) is 0 Å². The molecule has 0 saturated carbocycles. The quantitative estimate of drug-likeness (QED) is 0.737. The van der Waals surface area contributed by atoms with E-state index >= 15 is 0 Å². The Balaban J connectivity index is 2.44. The molecule has 1 aliphatic rings. The zero-order chi connectivity index (χ0) is 18.8. The van der Waals surface area contributed by atoms with E-state index in [-0.39, 0.29) is 16.3 Å². The number of nitrogens with zero attached hydrogens (tertiary/aromatic N) is 2. The third-order valence-corrected chi connectivity index (χ3v) is 8.14. The van der Waals surface area contributed by atoms with Crippen molar-refractivity contribution in [2.75, 3.05) is 26.7 Å². The normalized spacial score (nSPS) is 17.7. The van der Waals surface area contributed by atoms with Crippen molar-refractivity contribution < 1.29 is 26.7 Å². The van der Waals surface area contributed by atoms with Crippen LogP contribution in [0.5, 0.6) is 0 Å². The van der Waals surface area contributed by atoms with Gasteiger partial charge in [0.1, 0.15) is 9.79 Å². The zero-order valence-corrected chi connectivity index (χ0v) is 15.8.